The van der Waals surface area contributed by atoms with Crippen LogP contribution in [-0.4, -0.2) is 31.2 Å². The highest BCUT2D eigenvalue weighted by Gasteiger charge is 2.22. The normalized spacial score (nSPS) is 14.0. The summed E-state index contributed by atoms with van der Waals surface area (Å²) in [5.74, 6) is 1.76. The van der Waals surface area contributed by atoms with Gasteiger partial charge in [0.1, 0.15) is 11.5 Å². The van der Waals surface area contributed by atoms with Gasteiger partial charge in [-0.05, 0) is 30.7 Å². The van der Waals surface area contributed by atoms with Crippen LogP contribution in [0.25, 0.3) is 17.1 Å². The van der Waals surface area contributed by atoms with Crippen LogP contribution in [-0.2, 0) is 25.9 Å². The molecule has 3 aromatic heterocycles. The molecule has 30 heavy (non-hydrogen) atoms. The number of hydrogen-bond acceptors (Lipinski definition) is 5. The van der Waals surface area contributed by atoms with E-state index in [2.05, 4.69) is 35.1 Å². The summed E-state index contributed by atoms with van der Waals surface area (Å²) in [7, 11) is 0. The van der Waals surface area contributed by atoms with Gasteiger partial charge in [0.2, 0.25) is 0 Å². The summed E-state index contributed by atoms with van der Waals surface area (Å²) in [6, 6.07) is 14.1. The van der Waals surface area contributed by atoms with E-state index in [1.54, 1.807) is 6.26 Å². The fraction of sp³-hybridized carbons (Fsp3) is 0.292. The first-order valence-corrected chi connectivity index (χ1v) is 10.5. The van der Waals surface area contributed by atoms with E-state index in [-0.39, 0.29) is 0 Å². The van der Waals surface area contributed by atoms with Gasteiger partial charge in [0, 0.05) is 61.7 Å². The molecule has 0 saturated heterocycles. The molecule has 0 fully saturated rings. The summed E-state index contributed by atoms with van der Waals surface area (Å²) < 4.78 is 7.61. The minimum Gasteiger partial charge on any atom is -0.463 e. The Morgan fingerprint density at radius 3 is 2.80 bits per heavy atom. The predicted octanol–water partition coefficient (Wildman–Crippen LogP) is 4.43. The molecule has 0 bridgehead atoms. The molecule has 0 amide bonds. The van der Waals surface area contributed by atoms with Crippen LogP contribution < -0.4 is 0 Å². The maximum Gasteiger partial charge on any atom is 0.154 e. The maximum atomic E-state index is 5.68. The summed E-state index contributed by atoms with van der Waals surface area (Å²) in [6.07, 6.45) is 8.80. The van der Waals surface area contributed by atoms with Crippen molar-refractivity contribution >= 4 is 0 Å². The van der Waals surface area contributed by atoms with E-state index in [9.17, 15) is 0 Å². The van der Waals surface area contributed by atoms with Gasteiger partial charge >= 0.3 is 0 Å². The van der Waals surface area contributed by atoms with Crippen LogP contribution in [0.4, 0.5) is 0 Å². The molecule has 6 heteroatoms. The first-order chi connectivity index (χ1) is 14.8. The molecule has 6 nitrogen and oxygen atoms in total. The number of benzene rings is 1. The van der Waals surface area contributed by atoms with Crippen molar-refractivity contribution in [3.8, 4) is 17.1 Å². The number of para-hydroxylation sites is 1. The smallest absolute Gasteiger partial charge is 0.154 e. The Morgan fingerprint density at radius 1 is 1.10 bits per heavy atom. The van der Waals surface area contributed by atoms with Crippen molar-refractivity contribution in [2.75, 3.05) is 6.54 Å². The standard InChI is InChI=1S/C24H25N5O/c1-2-7-23-25-14-18-15-28(12-11-21(18)26-23)16-19-17-29(20-8-4-3-5-9-20)27-24(19)22-10-6-13-30-22/h3-6,8-10,13-14,17H,2,7,11-12,15-16H2,1H3. The zero-order valence-electron chi connectivity index (χ0n) is 17.2. The fourth-order valence-corrected chi connectivity index (χ4v) is 3.99. The molecule has 0 unspecified atom stereocenters. The van der Waals surface area contributed by atoms with Gasteiger partial charge in [-0.3, -0.25) is 4.90 Å². The molecule has 0 spiro atoms. The van der Waals surface area contributed by atoms with Crippen molar-refractivity contribution in [1.82, 2.24) is 24.6 Å². The zero-order chi connectivity index (χ0) is 20.3. The van der Waals surface area contributed by atoms with Gasteiger partial charge in [-0.1, -0.05) is 25.1 Å². The molecular formula is C24H25N5O. The van der Waals surface area contributed by atoms with Gasteiger partial charge in [-0.15, -0.1) is 0 Å². The molecule has 1 aliphatic rings. The lowest BCUT2D eigenvalue weighted by Crippen LogP contribution is -2.31. The van der Waals surface area contributed by atoms with Gasteiger partial charge in [0.25, 0.3) is 0 Å². The number of aromatic nitrogens is 4. The van der Waals surface area contributed by atoms with Crippen molar-refractivity contribution in [3.63, 3.8) is 0 Å². The highest BCUT2D eigenvalue weighted by Crippen LogP contribution is 2.27. The van der Waals surface area contributed by atoms with Gasteiger partial charge < -0.3 is 4.42 Å². The van der Waals surface area contributed by atoms with E-state index in [1.165, 1.54) is 11.3 Å². The summed E-state index contributed by atoms with van der Waals surface area (Å²) >= 11 is 0. The zero-order valence-corrected chi connectivity index (χ0v) is 17.2. The van der Waals surface area contributed by atoms with Crippen LogP contribution in [0, 0.1) is 0 Å². The molecule has 4 heterocycles. The Balaban J connectivity index is 1.41. The lowest BCUT2D eigenvalue weighted by Gasteiger charge is -2.27. The number of furan rings is 1. The molecule has 152 valence electrons. The van der Waals surface area contributed by atoms with Gasteiger partial charge in [0.15, 0.2) is 5.76 Å². The van der Waals surface area contributed by atoms with E-state index < -0.39 is 0 Å². The third-order valence-corrected chi connectivity index (χ3v) is 5.50. The fourth-order valence-electron chi connectivity index (χ4n) is 3.99. The van der Waals surface area contributed by atoms with Crippen LogP contribution in [0.5, 0.6) is 0 Å². The quantitative estimate of drug-likeness (QED) is 0.480. The highest BCUT2D eigenvalue weighted by atomic mass is 16.3. The van der Waals surface area contributed by atoms with E-state index in [0.29, 0.717) is 0 Å². The summed E-state index contributed by atoms with van der Waals surface area (Å²) in [5, 5.41) is 4.84. The van der Waals surface area contributed by atoms with Crippen LogP contribution in [0.15, 0.2) is 65.5 Å². The Labute approximate surface area is 176 Å². The summed E-state index contributed by atoms with van der Waals surface area (Å²) in [5.41, 5.74) is 5.52. The van der Waals surface area contributed by atoms with Gasteiger partial charge in [-0.25, -0.2) is 14.6 Å². The topological polar surface area (TPSA) is 60.0 Å². The van der Waals surface area contributed by atoms with Crippen molar-refractivity contribution in [1.29, 1.82) is 0 Å². The number of aryl methyl sites for hydroxylation is 1. The first-order valence-electron chi connectivity index (χ1n) is 10.5. The van der Waals surface area contributed by atoms with E-state index in [1.807, 2.05) is 41.2 Å². The van der Waals surface area contributed by atoms with Gasteiger partial charge in [0.05, 0.1) is 12.0 Å². The molecule has 1 aliphatic heterocycles. The van der Waals surface area contributed by atoms with Crippen molar-refractivity contribution in [2.24, 2.45) is 0 Å². The summed E-state index contributed by atoms with van der Waals surface area (Å²) in [6.45, 7) is 4.80. The molecule has 4 aromatic rings. The SMILES string of the molecule is CCCc1ncc2c(n1)CCN(Cc1cn(-c3ccccc3)nc1-c1ccco1)C2. The number of fused-ring (bicyclic) bond motifs is 1. The number of hydrogen-bond donors (Lipinski definition) is 0. The minimum absolute atomic E-state index is 0.796. The van der Waals surface area contributed by atoms with E-state index in [0.717, 1.165) is 67.4 Å². The molecule has 1 aromatic carbocycles. The average Bonchev–Trinajstić information content (AvgIpc) is 3.45. The minimum atomic E-state index is 0.796. The van der Waals surface area contributed by atoms with Crippen LogP contribution in [0.3, 0.4) is 0 Å². The molecule has 0 N–H and O–H groups in total. The molecule has 0 saturated carbocycles. The molecule has 0 atom stereocenters. The second kappa shape index (κ2) is 8.24. The van der Waals surface area contributed by atoms with Gasteiger partial charge in [-0.2, -0.15) is 5.10 Å². The van der Waals surface area contributed by atoms with E-state index in [4.69, 9.17) is 14.5 Å². The third-order valence-electron chi connectivity index (χ3n) is 5.50. The highest BCUT2D eigenvalue weighted by molar-refractivity contribution is 5.57. The molecule has 5 rings (SSSR count). The molecular weight excluding hydrogens is 374 g/mol. The Hall–Kier alpha value is -3.25. The number of rotatable bonds is 6. The Bertz CT molecular complexity index is 1120. The van der Waals surface area contributed by atoms with Crippen molar-refractivity contribution in [2.45, 2.75) is 39.3 Å². The maximum absolute atomic E-state index is 5.68. The second-order valence-corrected chi connectivity index (χ2v) is 7.73. The lowest BCUT2D eigenvalue weighted by atomic mass is 10.1. The van der Waals surface area contributed by atoms with Crippen LogP contribution in [0.2, 0.25) is 0 Å². The lowest BCUT2D eigenvalue weighted by molar-refractivity contribution is 0.242. The Morgan fingerprint density at radius 2 is 2.00 bits per heavy atom. The third kappa shape index (κ3) is 3.78. The monoisotopic (exact) mass is 399 g/mol. The largest absolute Gasteiger partial charge is 0.463 e. The average molecular weight is 399 g/mol. The van der Waals surface area contributed by atoms with Crippen molar-refractivity contribution < 1.29 is 4.42 Å². The number of nitrogens with zero attached hydrogens (tertiary/aromatic N) is 5. The van der Waals surface area contributed by atoms with Crippen LogP contribution >= 0.6 is 0 Å². The molecule has 0 radical (unpaired) electrons. The summed E-state index contributed by atoms with van der Waals surface area (Å²) in [4.78, 5) is 11.8. The second-order valence-electron chi connectivity index (χ2n) is 7.73. The Kier molecular flexibility index (Phi) is 5.15. The molecule has 0 aliphatic carbocycles. The van der Waals surface area contributed by atoms with E-state index >= 15 is 0 Å². The van der Waals surface area contributed by atoms with Crippen LogP contribution in [0.1, 0.15) is 36.0 Å². The first kappa shape index (κ1) is 18.8. The van der Waals surface area contributed by atoms with Crippen molar-refractivity contribution in [3.05, 3.63) is 83.8 Å². The predicted molar refractivity (Wildman–Crippen MR) is 115 cm³/mol.